The summed E-state index contributed by atoms with van der Waals surface area (Å²) in [5.41, 5.74) is 4.77. The second-order valence-electron chi connectivity index (χ2n) is 5.06. The second kappa shape index (κ2) is 6.29. The summed E-state index contributed by atoms with van der Waals surface area (Å²) in [5, 5.41) is 3.11. The normalized spacial score (nSPS) is 14.7. The number of rotatable bonds is 3. The molecule has 104 valence electrons. The fourth-order valence-electron chi connectivity index (χ4n) is 1.97. The third-order valence-electron chi connectivity index (χ3n) is 3.15. The van der Waals surface area contributed by atoms with Gasteiger partial charge in [0.1, 0.15) is 11.5 Å². The summed E-state index contributed by atoms with van der Waals surface area (Å²) in [4.78, 5) is 0. The Hall–Kier alpha value is -2.22. The molecule has 0 aromatic heterocycles. The molecule has 0 amide bonds. The van der Waals surface area contributed by atoms with Crippen LogP contribution in [0.25, 0.3) is 6.08 Å². The van der Waals surface area contributed by atoms with Crippen LogP contribution in [-0.2, 0) is 4.74 Å². The molecule has 0 saturated carbocycles. The van der Waals surface area contributed by atoms with Gasteiger partial charge in [0, 0.05) is 12.7 Å². The van der Waals surface area contributed by atoms with Gasteiger partial charge < -0.3 is 10.1 Å². The van der Waals surface area contributed by atoms with Crippen molar-refractivity contribution in [3.63, 3.8) is 0 Å². The molecule has 0 spiro atoms. The Kier molecular flexibility index (Phi) is 4.46. The first kappa shape index (κ1) is 14.2. The number of anilines is 1. The molecule has 2 heteroatoms. The summed E-state index contributed by atoms with van der Waals surface area (Å²) in [6.45, 7) is 6.20. The standard InChI is InChI=1S/C18H21NO/c1-13(2)16-11-14(3)20-18(12-16)10-7-15-5-8-17(19-4)9-6-15/h5-12,19H,1-4H3/b10-7+. The lowest BCUT2D eigenvalue weighted by Gasteiger charge is -2.14. The van der Waals surface area contributed by atoms with Crippen LogP contribution in [0.15, 0.2) is 65.2 Å². The molecule has 1 aromatic carbocycles. The van der Waals surface area contributed by atoms with E-state index in [0.717, 1.165) is 22.8 Å². The van der Waals surface area contributed by atoms with Crippen molar-refractivity contribution in [3.8, 4) is 0 Å². The molecule has 1 aromatic rings. The molecule has 2 nitrogen and oxygen atoms in total. The highest BCUT2D eigenvalue weighted by molar-refractivity contribution is 5.57. The maximum atomic E-state index is 5.72. The van der Waals surface area contributed by atoms with Crippen LogP contribution in [0.3, 0.4) is 0 Å². The van der Waals surface area contributed by atoms with Crippen molar-refractivity contribution in [2.75, 3.05) is 12.4 Å². The van der Waals surface area contributed by atoms with Crippen molar-refractivity contribution in [1.29, 1.82) is 0 Å². The van der Waals surface area contributed by atoms with Gasteiger partial charge in [-0.25, -0.2) is 0 Å². The molecular formula is C18H21NO. The average Bonchev–Trinajstić information content (AvgIpc) is 2.45. The number of allylic oxidation sites excluding steroid dienone is 6. The fourth-order valence-corrected chi connectivity index (χ4v) is 1.97. The van der Waals surface area contributed by atoms with E-state index in [1.54, 1.807) is 0 Å². The molecule has 0 saturated heterocycles. The van der Waals surface area contributed by atoms with E-state index >= 15 is 0 Å². The first-order valence-corrected chi connectivity index (χ1v) is 6.79. The van der Waals surface area contributed by atoms with Gasteiger partial charge in [-0.3, -0.25) is 0 Å². The molecule has 1 N–H and O–H groups in total. The quantitative estimate of drug-likeness (QED) is 0.841. The second-order valence-corrected chi connectivity index (χ2v) is 5.06. The molecule has 1 aliphatic rings. The molecule has 0 fully saturated rings. The van der Waals surface area contributed by atoms with Crippen LogP contribution in [0.1, 0.15) is 26.3 Å². The molecule has 0 unspecified atom stereocenters. The minimum absolute atomic E-state index is 0.874. The van der Waals surface area contributed by atoms with Crippen LogP contribution in [0.4, 0.5) is 5.69 Å². The minimum Gasteiger partial charge on any atom is -0.462 e. The smallest absolute Gasteiger partial charge is 0.127 e. The van der Waals surface area contributed by atoms with Crippen molar-refractivity contribution in [2.45, 2.75) is 20.8 Å². The van der Waals surface area contributed by atoms with Gasteiger partial charge in [-0.2, -0.15) is 0 Å². The Bertz CT molecular complexity index is 597. The summed E-state index contributed by atoms with van der Waals surface area (Å²) in [6.07, 6.45) is 8.20. The van der Waals surface area contributed by atoms with Crippen LogP contribution >= 0.6 is 0 Å². The van der Waals surface area contributed by atoms with E-state index in [1.165, 1.54) is 11.1 Å². The van der Waals surface area contributed by atoms with E-state index in [4.69, 9.17) is 4.74 Å². The number of hydrogen-bond donors (Lipinski definition) is 1. The van der Waals surface area contributed by atoms with E-state index in [2.05, 4.69) is 61.7 Å². The van der Waals surface area contributed by atoms with Crippen molar-refractivity contribution in [2.24, 2.45) is 0 Å². The summed E-state index contributed by atoms with van der Waals surface area (Å²) < 4.78 is 5.72. The zero-order valence-electron chi connectivity index (χ0n) is 12.5. The summed E-state index contributed by atoms with van der Waals surface area (Å²) >= 11 is 0. The largest absolute Gasteiger partial charge is 0.462 e. The maximum absolute atomic E-state index is 5.72. The molecule has 2 rings (SSSR count). The number of hydrogen-bond acceptors (Lipinski definition) is 2. The molecule has 0 atom stereocenters. The minimum atomic E-state index is 0.874. The lowest BCUT2D eigenvalue weighted by atomic mass is 10.1. The van der Waals surface area contributed by atoms with Crippen molar-refractivity contribution in [3.05, 3.63) is 70.7 Å². The number of ether oxygens (including phenoxy) is 1. The van der Waals surface area contributed by atoms with Crippen molar-refractivity contribution >= 4 is 11.8 Å². The highest BCUT2D eigenvalue weighted by atomic mass is 16.5. The molecule has 1 heterocycles. The Morgan fingerprint density at radius 2 is 1.75 bits per heavy atom. The SMILES string of the molecule is CNc1ccc(/C=C/C2=CC(=C(C)C)C=C(C)O2)cc1. The van der Waals surface area contributed by atoms with E-state index in [9.17, 15) is 0 Å². The molecular weight excluding hydrogens is 246 g/mol. The van der Waals surface area contributed by atoms with E-state index in [1.807, 2.05) is 20.0 Å². The lowest BCUT2D eigenvalue weighted by Crippen LogP contribution is -1.96. The first-order chi connectivity index (χ1) is 9.58. The van der Waals surface area contributed by atoms with Gasteiger partial charge in [0.15, 0.2) is 0 Å². The predicted molar refractivity (Wildman–Crippen MR) is 86.3 cm³/mol. The summed E-state index contributed by atoms with van der Waals surface area (Å²) in [5.74, 6) is 1.80. The van der Waals surface area contributed by atoms with E-state index in [0.29, 0.717) is 0 Å². The van der Waals surface area contributed by atoms with Crippen molar-refractivity contribution in [1.82, 2.24) is 0 Å². The van der Waals surface area contributed by atoms with Crippen molar-refractivity contribution < 1.29 is 4.74 Å². The number of benzene rings is 1. The zero-order valence-corrected chi connectivity index (χ0v) is 12.5. The molecule has 1 aliphatic heterocycles. The van der Waals surface area contributed by atoms with E-state index in [-0.39, 0.29) is 0 Å². The highest BCUT2D eigenvalue weighted by Gasteiger charge is 2.06. The van der Waals surface area contributed by atoms with Gasteiger partial charge in [0.2, 0.25) is 0 Å². The molecule has 0 aliphatic carbocycles. The van der Waals surface area contributed by atoms with E-state index < -0.39 is 0 Å². The fraction of sp³-hybridized carbons (Fsp3) is 0.222. The predicted octanol–water partition coefficient (Wildman–Crippen LogP) is 4.90. The topological polar surface area (TPSA) is 21.3 Å². The average molecular weight is 267 g/mol. The number of nitrogens with one attached hydrogen (secondary N) is 1. The van der Waals surface area contributed by atoms with Crippen LogP contribution < -0.4 is 5.32 Å². The zero-order chi connectivity index (χ0) is 14.5. The van der Waals surface area contributed by atoms with Gasteiger partial charge in [-0.15, -0.1) is 0 Å². The summed E-state index contributed by atoms with van der Waals surface area (Å²) in [6, 6.07) is 8.28. The van der Waals surface area contributed by atoms with Gasteiger partial charge in [0.25, 0.3) is 0 Å². The molecule has 20 heavy (non-hydrogen) atoms. The van der Waals surface area contributed by atoms with Gasteiger partial charge in [-0.1, -0.05) is 23.8 Å². The maximum Gasteiger partial charge on any atom is 0.127 e. The van der Waals surface area contributed by atoms with Gasteiger partial charge >= 0.3 is 0 Å². The third kappa shape index (κ3) is 3.64. The van der Waals surface area contributed by atoms with Crippen LogP contribution in [-0.4, -0.2) is 7.05 Å². The Morgan fingerprint density at radius 1 is 1.05 bits per heavy atom. The Balaban J connectivity index is 2.16. The van der Waals surface area contributed by atoms with Crippen LogP contribution in [0.2, 0.25) is 0 Å². The Labute approximate surface area is 121 Å². The van der Waals surface area contributed by atoms with Crippen LogP contribution in [0.5, 0.6) is 0 Å². The van der Waals surface area contributed by atoms with Gasteiger partial charge in [-0.05, 0) is 62.3 Å². The monoisotopic (exact) mass is 267 g/mol. The summed E-state index contributed by atoms with van der Waals surface area (Å²) in [7, 11) is 1.92. The third-order valence-corrected chi connectivity index (χ3v) is 3.15. The highest BCUT2D eigenvalue weighted by Crippen LogP contribution is 2.22. The van der Waals surface area contributed by atoms with Crippen LogP contribution in [0, 0.1) is 0 Å². The molecule has 0 bridgehead atoms. The lowest BCUT2D eigenvalue weighted by molar-refractivity contribution is 0.318. The Morgan fingerprint density at radius 3 is 2.35 bits per heavy atom. The molecule has 0 radical (unpaired) electrons. The van der Waals surface area contributed by atoms with Gasteiger partial charge in [0.05, 0.1) is 0 Å². The first-order valence-electron chi connectivity index (χ1n) is 6.79.